The largest absolute Gasteiger partial charge is 0.462 e. The van der Waals surface area contributed by atoms with Crippen molar-refractivity contribution in [2.45, 2.75) is 40.3 Å². The molecule has 0 saturated heterocycles. The third-order valence-corrected chi connectivity index (χ3v) is 5.47. The lowest BCUT2D eigenvalue weighted by Gasteiger charge is -2.16. The number of ether oxygens (including phenoxy) is 2. The molecule has 9 nitrogen and oxygen atoms in total. The lowest BCUT2D eigenvalue weighted by atomic mass is 10.2. The average molecular weight is 448 g/mol. The van der Waals surface area contributed by atoms with Crippen LogP contribution >= 0.6 is 11.3 Å². The van der Waals surface area contributed by atoms with E-state index in [0.717, 1.165) is 10.6 Å². The van der Waals surface area contributed by atoms with Crippen molar-refractivity contribution in [1.29, 1.82) is 0 Å². The molecule has 0 aliphatic carbocycles. The van der Waals surface area contributed by atoms with Gasteiger partial charge < -0.3 is 20.1 Å². The molecule has 1 heterocycles. The Morgan fingerprint density at radius 1 is 1.23 bits per heavy atom. The first kappa shape index (κ1) is 24.1. The van der Waals surface area contributed by atoms with Crippen LogP contribution in [0.25, 0.3) is 0 Å². The number of guanidine groups is 1. The zero-order valence-corrected chi connectivity index (χ0v) is 19.3. The molecule has 1 amide bonds. The number of rotatable bonds is 8. The maximum atomic E-state index is 12.0. The fraction of sp³-hybridized carbons (Fsp3) is 0.429. The van der Waals surface area contributed by atoms with Gasteiger partial charge in [-0.25, -0.2) is 19.6 Å². The number of hydrogen-bond donors (Lipinski definition) is 3. The van der Waals surface area contributed by atoms with Crippen molar-refractivity contribution < 1.29 is 19.1 Å². The van der Waals surface area contributed by atoms with Gasteiger partial charge in [-0.15, -0.1) is 11.3 Å². The first-order chi connectivity index (χ1) is 14.9. The van der Waals surface area contributed by atoms with Gasteiger partial charge in [0.05, 0.1) is 32.0 Å². The molecule has 0 spiro atoms. The molecule has 1 aromatic carbocycles. The van der Waals surface area contributed by atoms with Crippen LogP contribution in [-0.2, 0) is 16.0 Å². The second-order valence-corrected chi connectivity index (χ2v) is 7.59. The lowest BCUT2D eigenvalue weighted by molar-refractivity contribution is 0.0531. The Kier molecular flexibility index (Phi) is 9.26. The summed E-state index contributed by atoms with van der Waals surface area (Å²) in [6, 6.07) is 7.21. The smallest absolute Gasteiger partial charge is 0.411 e. The van der Waals surface area contributed by atoms with E-state index in [9.17, 15) is 9.59 Å². The van der Waals surface area contributed by atoms with Gasteiger partial charge in [0, 0.05) is 12.2 Å². The van der Waals surface area contributed by atoms with E-state index >= 15 is 0 Å². The summed E-state index contributed by atoms with van der Waals surface area (Å²) in [6.45, 7) is 9.01. The second kappa shape index (κ2) is 11.9. The Morgan fingerprint density at radius 3 is 2.55 bits per heavy atom. The predicted octanol–water partition coefficient (Wildman–Crippen LogP) is 3.62. The number of nitrogens with one attached hydrogen (secondary N) is 3. The van der Waals surface area contributed by atoms with Gasteiger partial charge in [0.1, 0.15) is 9.88 Å². The van der Waals surface area contributed by atoms with Crippen molar-refractivity contribution in [3.05, 3.63) is 45.4 Å². The number of aryl methyl sites for hydroxylation is 1. The zero-order valence-electron chi connectivity index (χ0n) is 18.4. The fourth-order valence-electron chi connectivity index (χ4n) is 2.61. The van der Waals surface area contributed by atoms with Gasteiger partial charge in [-0.3, -0.25) is 5.32 Å². The molecule has 2 aromatic rings. The van der Waals surface area contributed by atoms with E-state index in [-0.39, 0.29) is 12.0 Å². The first-order valence-corrected chi connectivity index (χ1v) is 10.8. The van der Waals surface area contributed by atoms with Crippen LogP contribution in [-0.4, -0.2) is 43.3 Å². The summed E-state index contributed by atoms with van der Waals surface area (Å²) in [4.78, 5) is 33.0. The minimum Gasteiger partial charge on any atom is -0.462 e. The van der Waals surface area contributed by atoms with Gasteiger partial charge in [0.15, 0.2) is 5.96 Å². The van der Waals surface area contributed by atoms with Crippen LogP contribution in [0.2, 0.25) is 0 Å². The fourth-order valence-corrected chi connectivity index (χ4v) is 3.57. The molecular weight excluding hydrogens is 418 g/mol. The highest BCUT2D eigenvalue weighted by Crippen LogP contribution is 2.24. The monoisotopic (exact) mass is 447 g/mol. The SMILES string of the molecule is CCNC(=NCc1ccc(NC(=O)OC)cc1)NC(C)c1nc(C)c(C(=O)OCC)s1. The standard InChI is InChI=1S/C21H29N5O4S/c1-6-22-20(23-12-15-8-10-16(11-9-15)26-21(28)29-5)25-14(4)18-24-13(3)17(31-18)19(27)30-7-2/h8-11,14H,6-7,12H2,1-5H3,(H,26,28)(H2,22,23,25). The Morgan fingerprint density at radius 2 is 1.94 bits per heavy atom. The number of hydrogen-bond acceptors (Lipinski definition) is 7. The predicted molar refractivity (Wildman–Crippen MR) is 122 cm³/mol. The van der Waals surface area contributed by atoms with E-state index in [1.807, 2.05) is 26.0 Å². The number of aromatic nitrogens is 1. The van der Waals surface area contributed by atoms with Gasteiger partial charge in [-0.1, -0.05) is 12.1 Å². The summed E-state index contributed by atoms with van der Waals surface area (Å²) in [5.74, 6) is 0.291. The highest BCUT2D eigenvalue weighted by molar-refractivity contribution is 7.13. The number of thiazole rings is 1. The molecule has 0 radical (unpaired) electrons. The number of carbonyl (C=O) groups excluding carboxylic acids is 2. The highest BCUT2D eigenvalue weighted by atomic mass is 32.1. The van der Waals surface area contributed by atoms with Gasteiger partial charge in [0.2, 0.25) is 0 Å². The Labute approximate surface area is 186 Å². The van der Waals surface area contributed by atoms with E-state index < -0.39 is 6.09 Å². The molecule has 0 bridgehead atoms. The van der Waals surface area contributed by atoms with E-state index in [1.54, 1.807) is 26.0 Å². The minimum absolute atomic E-state index is 0.142. The number of esters is 1. The molecule has 1 atom stereocenters. The maximum Gasteiger partial charge on any atom is 0.411 e. The van der Waals surface area contributed by atoms with Crippen molar-refractivity contribution in [3.8, 4) is 0 Å². The van der Waals surface area contributed by atoms with E-state index in [1.165, 1.54) is 18.4 Å². The summed E-state index contributed by atoms with van der Waals surface area (Å²) in [5, 5.41) is 9.93. The molecule has 0 aliphatic rings. The number of amides is 1. The van der Waals surface area contributed by atoms with Crippen LogP contribution in [0.4, 0.5) is 10.5 Å². The van der Waals surface area contributed by atoms with Crippen LogP contribution < -0.4 is 16.0 Å². The minimum atomic E-state index is -0.512. The number of methoxy groups -OCH3 is 1. The normalized spacial score (nSPS) is 12.1. The average Bonchev–Trinajstić information content (AvgIpc) is 3.15. The lowest BCUT2D eigenvalue weighted by Crippen LogP contribution is -2.38. The van der Waals surface area contributed by atoms with Crippen LogP contribution in [0.1, 0.15) is 52.7 Å². The molecule has 168 valence electrons. The third-order valence-electron chi connectivity index (χ3n) is 4.15. The van der Waals surface area contributed by atoms with E-state index in [2.05, 4.69) is 30.7 Å². The molecule has 0 fully saturated rings. The Balaban J connectivity index is 2.05. The molecule has 31 heavy (non-hydrogen) atoms. The van der Waals surface area contributed by atoms with Crippen molar-refractivity contribution in [2.24, 2.45) is 4.99 Å². The van der Waals surface area contributed by atoms with Crippen LogP contribution in [0.3, 0.4) is 0 Å². The summed E-state index contributed by atoms with van der Waals surface area (Å²) in [5.41, 5.74) is 2.29. The molecule has 1 unspecified atom stereocenters. The van der Waals surface area contributed by atoms with E-state index in [0.29, 0.717) is 41.9 Å². The number of aliphatic imine (C=N–C) groups is 1. The maximum absolute atomic E-state index is 12.0. The quantitative estimate of drug-likeness (QED) is 0.322. The van der Waals surface area contributed by atoms with Gasteiger partial charge in [0.25, 0.3) is 0 Å². The second-order valence-electron chi connectivity index (χ2n) is 6.56. The van der Waals surface area contributed by atoms with Gasteiger partial charge >= 0.3 is 12.1 Å². The summed E-state index contributed by atoms with van der Waals surface area (Å²) >= 11 is 1.32. The summed E-state index contributed by atoms with van der Waals surface area (Å²) in [6.07, 6.45) is -0.512. The van der Waals surface area contributed by atoms with Crippen LogP contribution in [0, 0.1) is 6.92 Å². The summed E-state index contributed by atoms with van der Waals surface area (Å²) < 4.78 is 9.67. The molecule has 0 saturated carbocycles. The van der Waals surface area contributed by atoms with Crippen molar-refractivity contribution in [1.82, 2.24) is 15.6 Å². The molecule has 2 rings (SSSR count). The van der Waals surface area contributed by atoms with Crippen molar-refractivity contribution in [3.63, 3.8) is 0 Å². The van der Waals surface area contributed by atoms with Crippen molar-refractivity contribution in [2.75, 3.05) is 25.6 Å². The number of benzene rings is 1. The van der Waals surface area contributed by atoms with Crippen molar-refractivity contribution >= 4 is 35.0 Å². The van der Waals surface area contributed by atoms with Crippen LogP contribution in [0.5, 0.6) is 0 Å². The molecule has 3 N–H and O–H groups in total. The number of anilines is 1. The zero-order chi connectivity index (χ0) is 22.8. The molecule has 10 heteroatoms. The van der Waals surface area contributed by atoms with Crippen LogP contribution in [0.15, 0.2) is 29.3 Å². The number of carbonyl (C=O) groups is 2. The topological polar surface area (TPSA) is 114 Å². The van der Waals surface area contributed by atoms with Gasteiger partial charge in [-0.2, -0.15) is 0 Å². The summed E-state index contributed by atoms with van der Waals surface area (Å²) in [7, 11) is 1.32. The highest BCUT2D eigenvalue weighted by Gasteiger charge is 2.20. The number of nitrogens with zero attached hydrogens (tertiary/aromatic N) is 2. The first-order valence-electron chi connectivity index (χ1n) is 10.0. The van der Waals surface area contributed by atoms with E-state index in [4.69, 9.17) is 4.74 Å². The van der Waals surface area contributed by atoms with Gasteiger partial charge in [-0.05, 0) is 45.4 Å². The molecular formula is C21H29N5O4S. The molecule has 0 aliphatic heterocycles. The molecule has 1 aromatic heterocycles. The third kappa shape index (κ3) is 7.25. The Bertz CT molecular complexity index is 911. The Hall–Kier alpha value is -3.14.